The van der Waals surface area contributed by atoms with Crippen LogP contribution in [0.2, 0.25) is 0 Å². The lowest BCUT2D eigenvalue weighted by Crippen LogP contribution is -2.31. The summed E-state index contributed by atoms with van der Waals surface area (Å²) in [7, 11) is -2.61. The number of nitrogens with zero attached hydrogens (tertiary/aromatic N) is 1. The number of thiophene rings is 1. The summed E-state index contributed by atoms with van der Waals surface area (Å²) in [6.45, 7) is 1.26. The fourth-order valence-electron chi connectivity index (χ4n) is 1.52. The molecule has 8 heteroatoms. The first-order valence-electron chi connectivity index (χ1n) is 4.52. The maximum atomic E-state index is 12.0. The Kier molecular flexibility index (Phi) is 2.72. The number of hydrogen-bond donors (Lipinski definition) is 1. The van der Waals surface area contributed by atoms with Crippen LogP contribution in [0.25, 0.3) is 0 Å². The largest absolute Gasteiger partial charge is 0.464 e. The molecule has 1 aromatic rings. The molecular weight excluding hydrogens is 266 g/mol. The highest BCUT2D eigenvalue weighted by molar-refractivity contribution is 7.95. The molecule has 0 atom stereocenters. The van der Waals surface area contributed by atoms with Crippen LogP contribution in [0.3, 0.4) is 0 Å². The molecule has 2 heterocycles. The van der Waals surface area contributed by atoms with Crippen molar-refractivity contribution in [1.82, 2.24) is 0 Å². The van der Waals surface area contributed by atoms with E-state index in [4.69, 9.17) is 0 Å². The Bertz CT molecular complexity index is 613. The van der Waals surface area contributed by atoms with Gasteiger partial charge in [0.05, 0.1) is 12.0 Å². The molecule has 0 aliphatic carbocycles. The summed E-state index contributed by atoms with van der Waals surface area (Å²) >= 11 is 1.02. The van der Waals surface area contributed by atoms with E-state index in [-0.39, 0.29) is 20.5 Å². The van der Waals surface area contributed by atoms with Gasteiger partial charge in [0.2, 0.25) is 9.84 Å². The highest BCUT2D eigenvalue weighted by Gasteiger charge is 2.38. The molecule has 92 valence electrons. The maximum absolute atomic E-state index is 12.0. The fraction of sp³-hybridized carbons (Fsp3) is 0.222. The number of ether oxygens (including phenoxy) is 1. The molecule has 0 amide bonds. The molecular formula is C9H9NO5S2. The van der Waals surface area contributed by atoms with Crippen LogP contribution >= 0.6 is 11.3 Å². The van der Waals surface area contributed by atoms with Crippen LogP contribution in [0.4, 0.5) is 5.00 Å². The average Bonchev–Trinajstić information content (AvgIpc) is 2.76. The molecule has 1 N–H and O–H groups in total. The van der Waals surface area contributed by atoms with Crippen LogP contribution in [-0.4, -0.2) is 26.7 Å². The molecule has 0 aromatic carbocycles. The second-order valence-electron chi connectivity index (χ2n) is 3.30. The Labute approximate surface area is 102 Å². The smallest absolute Gasteiger partial charge is 0.358 e. The molecule has 0 radical (unpaired) electrons. The Morgan fingerprint density at radius 3 is 2.76 bits per heavy atom. The zero-order chi connectivity index (χ0) is 12.8. The SMILES string of the molecule is COC(=O)C1=C(C)S(=O)(=O)c2ccsc2N1O. The summed E-state index contributed by atoms with van der Waals surface area (Å²) in [5.74, 6) is -0.896. The number of anilines is 1. The predicted molar refractivity (Wildman–Crippen MR) is 60.5 cm³/mol. The van der Waals surface area contributed by atoms with E-state index in [0.717, 1.165) is 18.4 Å². The second-order valence-corrected chi connectivity index (χ2v) is 6.26. The van der Waals surface area contributed by atoms with Crippen LogP contribution < -0.4 is 5.06 Å². The van der Waals surface area contributed by atoms with Crippen molar-refractivity contribution in [3.63, 3.8) is 0 Å². The van der Waals surface area contributed by atoms with Crippen molar-refractivity contribution in [1.29, 1.82) is 0 Å². The number of rotatable bonds is 1. The normalized spacial score (nSPS) is 17.9. The topological polar surface area (TPSA) is 83.9 Å². The summed E-state index contributed by atoms with van der Waals surface area (Å²) in [5, 5.41) is 12.0. The van der Waals surface area contributed by atoms with Gasteiger partial charge in [-0.25, -0.2) is 18.3 Å². The summed E-state index contributed by atoms with van der Waals surface area (Å²) in [6.07, 6.45) is 0. The first-order valence-corrected chi connectivity index (χ1v) is 6.88. The molecule has 2 rings (SSSR count). The molecule has 17 heavy (non-hydrogen) atoms. The van der Waals surface area contributed by atoms with Gasteiger partial charge in [-0.15, -0.1) is 11.3 Å². The third kappa shape index (κ3) is 1.56. The van der Waals surface area contributed by atoms with Gasteiger partial charge in [0, 0.05) is 0 Å². The van der Waals surface area contributed by atoms with Gasteiger partial charge < -0.3 is 4.74 Å². The number of hydrogen-bond acceptors (Lipinski definition) is 7. The number of sulfone groups is 1. The van der Waals surface area contributed by atoms with E-state index in [2.05, 4.69) is 4.74 Å². The Morgan fingerprint density at radius 1 is 1.53 bits per heavy atom. The van der Waals surface area contributed by atoms with Crippen molar-refractivity contribution < 1.29 is 23.2 Å². The number of allylic oxidation sites excluding steroid dienone is 1. The summed E-state index contributed by atoms with van der Waals surface area (Å²) in [4.78, 5) is 11.2. The van der Waals surface area contributed by atoms with Crippen LogP contribution in [-0.2, 0) is 19.4 Å². The lowest BCUT2D eigenvalue weighted by Gasteiger charge is -2.24. The first-order chi connectivity index (χ1) is 7.91. The number of hydroxylamine groups is 1. The zero-order valence-electron chi connectivity index (χ0n) is 9.00. The van der Waals surface area contributed by atoms with Crippen molar-refractivity contribution in [3.8, 4) is 0 Å². The lowest BCUT2D eigenvalue weighted by atomic mass is 10.4. The maximum Gasteiger partial charge on any atom is 0.358 e. The fourth-order valence-corrected chi connectivity index (χ4v) is 4.10. The molecule has 0 saturated heterocycles. The van der Waals surface area contributed by atoms with E-state index in [1.807, 2.05) is 0 Å². The highest BCUT2D eigenvalue weighted by Crippen LogP contribution is 2.41. The van der Waals surface area contributed by atoms with Crippen molar-refractivity contribution in [3.05, 3.63) is 22.0 Å². The third-order valence-corrected chi connectivity index (χ3v) is 5.34. The van der Waals surface area contributed by atoms with E-state index in [1.54, 1.807) is 0 Å². The monoisotopic (exact) mass is 275 g/mol. The summed E-state index contributed by atoms with van der Waals surface area (Å²) < 4.78 is 28.5. The van der Waals surface area contributed by atoms with E-state index < -0.39 is 15.8 Å². The van der Waals surface area contributed by atoms with Gasteiger partial charge in [0.25, 0.3) is 0 Å². The molecule has 1 aliphatic heterocycles. The van der Waals surface area contributed by atoms with Crippen molar-refractivity contribution in [2.45, 2.75) is 11.8 Å². The predicted octanol–water partition coefficient (Wildman–Crippen LogP) is 1.14. The summed E-state index contributed by atoms with van der Waals surface area (Å²) in [6, 6.07) is 1.39. The molecule has 0 fully saturated rings. The van der Waals surface area contributed by atoms with Gasteiger partial charge in [-0.05, 0) is 18.4 Å². The number of methoxy groups -OCH3 is 1. The van der Waals surface area contributed by atoms with E-state index >= 15 is 0 Å². The van der Waals surface area contributed by atoms with E-state index in [0.29, 0.717) is 5.06 Å². The van der Waals surface area contributed by atoms with E-state index in [1.165, 1.54) is 18.4 Å². The number of fused-ring (bicyclic) bond motifs is 1. The van der Waals surface area contributed by atoms with Gasteiger partial charge in [0.1, 0.15) is 9.90 Å². The molecule has 0 spiro atoms. The first kappa shape index (κ1) is 12.1. The van der Waals surface area contributed by atoms with Crippen LogP contribution in [0.15, 0.2) is 26.9 Å². The van der Waals surface area contributed by atoms with Crippen molar-refractivity contribution >= 4 is 32.1 Å². The minimum atomic E-state index is -3.73. The standard InChI is InChI=1S/C9H9NO5S2/c1-5-7(9(11)15-2)10(12)8-6(3-4-16-8)17(5,13)14/h3-4,12H,1-2H3. The average molecular weight is 275 g/mol. The Morgan fingerprint density at radius 2 is 2.18 bits per heavy atom. The van der Waals surface area contributed by atoms with E-state index in [9.17, 15) is 18.4 Å². The van der Waals surface area contributed by atoms with Crippen LogP contribution in [0, 0.1) is 0 Å². The molecule has 0 bridgehead atoms. The van der Waals surface area contributed by atoms with Gasteiger partial charge in [0.15, 0.2) is 5.70 Å². The minimum absolute atomic E-state index is 0.00449. The van der Waals surface area contributed by atoms with Gasteiger partial charge in [-0.1, -0.05) is 0 Å². The Hall–Kier alpha value is -1.38. The molecule has 0 unspecified atom stereocenters. The van der Waals surface area contributed by atoms with Crippen molar-refractivity contribution in [2.24, 2.45) is 0 Å². The number of carbonyl (C=O) groups is 1. The van der Waals surface area contributed by atoms with Crippen molar-refractivity contribution in [2.75, 3.05) is 12.2 Å². The highest BCUT2D eigenvalue weighted by atomic mass is 32.2. The quantitative estimate of drug-likeness (QED) is 0.774. The van der Waals surface area contributed by atoms with Crippen LogP contribution in [0.5, 0.6) is 0 Å². The summed E-state index contributed by atoms with van der Waals surface area (Å²) in [5.41, 5.74) is -0.373. The lowest BCUT2D eigenvalue weighted by molar-refractivity contribution is -0.136. The molecule has 1 aliphatic rings. The van der Waals surface area contributed by atoms with Gasteiger partial charge in [-0.3, -0.25) is 5.21 Å². The van der Waals surface area contributed by atoms with Gasteiger partial charge in [-0.2, -0.15) is 0 Å². The Balaban J connectivity index is 2.74. The molecule has 6 nitrogen and oxygen atoms in total. The molecule has 0 saturated carbocycles. The zero-order valence-corrected chi connectivity index (χ0v) is 10.6. The number of esters is 1. The third-order valence-electron chi connectivity index (χ3n) is 2.42. The van der Waals surface area contributed by atoms with Crippen LogP contribution in [0.1, 0.15) is 6.92 Å². The number of carbonyl (C=O) groups excluding carboxylic acids is 1. The molecule has 1 aromatic heterocycles. The van der Waals surface area contributed by atoms with Gasteiger partial charge >= 0.3 is 5.97 Å². The minimum Gasteiger partial charge on any atom is -0.464 e. The second kappa shape index (κ2) is 3.83.